The van der Waals surface area contributed by atoms with Crippen molar-refractivity contribution in [3.8, 4) is 0 Å². The van der Waals surface area contributed by atoms with Crippen LogP contribution in [0.5, 0.6) is 0 Å². The predicted octanol–water partition coefficient (Wildman–Crippen LogP) is 1.30. The monoisotopic (exact) mass is 357 g/mol. The molecule has 0 aromatic carbocycles. The third-order valence-electron chi connectivity index (χ3n) is 4.37. The Hall–Kier alpha value is -1.28. The zero-order valence-electron chi connectivity index (χ0n) is 13.9. The van der Waals surface area contributed by atoms with E-state index in [9.17, 15) is 14.4 Å². The van der Waals surface area contributed by atoms with Crippen LogP contribution in [0.2, 0.25) is 0 Å². The highest BCUT2D eigenvalue weighted by Crippen LogP contribution is 2.33. The van der Waals surface area contributed by atoms with Gasteiger partial charge in [-0.3, -0.25) is 9.59 Å². The number of nitrogens with one attached hydrogen (secondary N) is 2. The van der Waals surface area contributed by atoms with Crippen molar-refractivity contribution in [1.29, 1.82) is 0 Å². The molecule has 2 amide bonds. The molecular weight excluding hydrogens is 330 g/mol. The van der Waals surface area contributed by atoms with Crippen molar-refractivity contribution in [1.82, 2.24) is 10.6 Å². The first kappa shape index (κ1) is 19.1. The minimum absolute atomic E-state index is 0.0798. The smallest absolute Gasteiger partial charge is 0.315 e. The number of urea groups is 1. The molecule has 0 aromatic rings. The van der Waals surface area contributed by atoms with E-state index in [1.807, 2.05) is 11.8 Å². The molecule has 0 spiro atoms. The normalized spacial score (nSPS) is 25.0. The van der Waals surface area contributed by atoms with Crippen LogP contribution in [0.4, 0.5) is 4.79 Å². The number of carbonyl (C=O) groups excluding carboxylic acids is 3. The Bertz CT molecular complexity index is 461. The van der Waals surface area contributed by atoms with Crippen LogP contribution in [0, 0.1) is 0 Å². The fourth-order valence-electron chi connectivity index (χ4n) is 3.08. The summed E-state index contributed by atoms with van der Waals surface area (Å²) < 4.78 is 4.80. The van der Waals surface area contributed by atoms with E-state index in [0.717, 1.165) is 31.4 Å². The number of rotatable bonds is 10. The lowest BCUT2D eigenvalue weighted by molar-refractivity contribution is -0.159. The minimum Gasteiger partial charge on any atom is -0.393 e. The van der Waals surface area contributed by atoms with Crippen LogP contribution in [0.3, 0.4) is 0 Å². The van der Waals surface area contributed by atoms with Gasteiger partial charge in [-0.1, -0.05) is 12.8 Å². The maximum atomic E-state index is 11.6. The molecule has 2 saturated heterocycles. The molecule has 2 rings (SSSR count). The highest BCUT2D eigenvalue weighted by molar-refractivity contribution is 8.00. The molecule has 0 unspecified atom stereocenters. The van der Waals surface area contributed by atoms with Crippen molar-refractivity contribution < 1.29 is 19.1 Å². The van der Waals surface area contributed by atoms with E-state index in [0.29, 0.717) is 24.6 Å². The number of nitrogens with two attached hydrogens (primary N) is 1. The van der Waals surface area contributed by atoms with Crippen LogP contribution >= 0.6 is 11.8 Å². The van der Waals surface area contributed by atoms with Crippen molar-refractivity contribution in [3.63, 3.8) is 0 Å². The van der Waals surface area contributed by atoms with E-state index in [1.165, 1.54) is 0 Å². The van der Waals surface area contributed by atoms with Crippen LogP contribution in [-0.4, -0.2) is 47.6 Å². The first-order chi connectivity index (χ1) is 11.6. The lowest BCUT2D eigenvalue weighted by Gasteiger charge is -2.16. The SMILES string of the molecule is NCCCCCC(=O)OC(=O)CCCC[C@@H]1SC[C@@H]2NC(=O)N[C@@H]21. The topological polar surface area (TPSA) is 111 Å². The largest absolute Gasteiger partial charge is 0.393 e. The van der Waals surface area contributed by atoms with Gasteiger partial charge in [0, 0.05) is 23.8 Å². The molecular formula is C16H27N3O4S. The highest BCUT2D eigenvalue weighted by atomic mass is 32.2. The van der Waals surface area contributed by atoms with Crippen molar-refractivity contribution in [2.75, 3.05) is 12.3 Å². The maximum absolute atomic E-state index is 11.6. The molecule has 2 aliphatic rings. The Kier molecular flexibility index (Phi) is 7.84. The van der Waals surface area contributed by atoms with Gasteiger partial charge < -0.3 is 21.1 Å². The Morgan fingerprint density at radius 3 is 2.50 bits per heavy atom. The van der Waals surface area contributed by atoms with Crippen LogP contribution in [-0.2, 0) is 14.3 Å². The van der Waals surface area contributed by atoms with Crippen molar-refractivity contribution in [2.45, 2.75) is 68.7 Å². The average molecular weight is 357 g/mol. The third kappa shape index (κ3) is 5.98. The molecule has 0 aromatic heterocycles. The number of ether oxygens (including phenoxy) is 1. The summed E-state index contributed by atoms with van der Waals surface area (Å²) in [7, 11) is 0. The Morgan fingerprint density at radius 2 is 1.79 bits per heavy atom. The van der Waals surface area contributed by atoms with Crippen LogP contribution in [0.15, 0.2) is 0 Å². The van der Waals surface area contributed by atoms with E-state index in [-0.39, 0.29) is 31.0 Å². The zero-order valence-corrected chi connectivity index (χ0v) is 14.7. The first-order valence-corrected chi connectivity index (χ1v) is 9.77. The summed E-state index contributed by atoms with van der Waals surface area (Å²) >= 11 is 1.86. The summed E-state index contributed by atoms with van der Waals surface area (Å²) in [6.07, 6.45) is 5.57. The number of thioether (sulfide) groups is 1. The predicted molar refractivity (Wildman–Crippen MR) is 92.6 cm³/mol. The van der Waals surface area contributed by atoms with Crippen LogP contribution < -0.4 is 16.4 Å². The van der Waals surface area contributed by atoms with E-state index in [2.05, 4.69) is 10.6 Å². The summed E-state index contributed by atoms with van der Waals surface area (Å²) in [5.74, 6) is 0.0620. The number of fused-ring (bicyclic) bond motifs is 1. The van der Waals surface area contributed by atoms with Gasteiger partial charge >= 0.3 is 18.0 Å². The van der Waals surface area contributed by atoms with E-state index >= 15 is 0 Å². The number of carbonyl (C=O) groups is 3. The second-order valence-corrected chi connectivity index (χ2v) is 7.59. The molecule has 2 fully saturated rings. The van der Waals surface area contributed by atoms with Gasteiger partial charge in [0.1, 0.15) is 0 Å². The molecule has 2 aliphatic heterocycles. The average Bonchev–Trinajstić information content (AvgIpc) is 3.08. The molecule has 8 heteroatoms. The fourth-order valence-corrected chi connectivity index (χ4v) is 4.62. The quantitative estimate of drug-likeness (QED) is 0.235. The third-order valence-corrected chi connectivity index (χ3v) is 5.88. The van der Waals surface area contributed by atoms with Crippen molar-refractivity contribution >= 4 is 29.7 Å². The van der Waals surface area contributed by atoms with Gasteiger partial charge in [-0.05, 0) is 32.2 Å². The molecule has 3 atom stereocenters. The van der Waals surface area contributed by atoms with Gasteiger partial charge in [-0.25, -0.2) is 4.79 Å². The lowest BCUT2D eigenvalue weighted by Crippen LogP contribution is -2.36. The summed E-state index contributed by atoms with van der Waals surface area (Å²) in [5, 5.41) is 6.26. The zero-order chi connectivity index (χ0) is 17.4. The Labute approximate surface area is 146 Å². The number of hydrogen-bond donors (Lipinski definition) is 3. The maximum Gasteiger partial charge on any atom is 0.315 e. The second kappa shape index (κ2) is 9.88. The summed E-state index contributed by atoms with van der Waals surface area (Å²) in [6.45, 7) is 0.620. The number of amides is 2. The van der Waals surface area contributed by atoms with Gasteiger partial charge in [0.2, 0.25) is 0 Å². The summed E-state index contributed by atoms with van der Waals surface area (Å²) in [6, 6.07) is 0.350. The molecule has 7 nitrogen and oxygen atoms in total. The molecule has 136 valence electrons. The van der Waals surface area contributed by atoms with Gasteiger partial charge in [-0.15, -0.1) is 0 Å². The molecule has 0 bridgehead atoms. The van der Waals surface area contributed by atoms with E-state index in [4.69, 9.17) is 10.5 Å². The van der Waals surface area contributed by atoms with Crippen LogP contribution in [0.25, 0.3) is 0 Å². The fraction of sp³-hybridized carbons (Fsp3) is 0.812. The minimum atomic E-state index is -0.439. The number of unbranched alkanes of at least 4 members (excludes halogenated alkanes) is 3. The van der Waals surface area contributed by atoms with Gasteiger partial charge in [0.15, 0.2) is 0 Å². The Balaban J connectivity index is 1.52. The summed E-state index contributed by atoms with van der Waals surface area (Å²) in [4.78, 5) is 34.4. The molecule has 24 heavy (non-hydrogen) atoms. The molecule has 0 saturated carbocycles. The Morgan fingerprint density at radius 1 is 1.08 bits per heavy atom. The van der Waals surface area contributed by atoms with Crippen molar-refractivity contribution in [3.05, 3.63) is 0 Å². The second-order valence-electron chi connectivity index (χ2n) is 6.31. The summed E-state index contributed by atoms with van der Waals surface area (Å²) in [5.41, 5.74) is 5.38. The van der Waals surface area contributed by atoms with Crippen molar-refractivity contribution in [2.24, 2.45) is 5.73 Å². The van der Waals surface area contributed by atoms with E-state index in [1.54, 1.807) is 0 Å². The van der Waals surface area contributed by atoms with Gasteiger partial charge in [-0.2, -0.15) is 11.8 Å². The molecule has 0 aliphatic carbocycles. The highest BCUT2D eigenvalue weighted by Gasteiger charge is 2.42. The van der Waals surface area contributed by atoms with Gasteiger partial charge in [0.25, 0.3) is 0 Å². The van der Waals surface area contributed by atoms with Crippen LogP contribution in [0.1, 0.15) is 51.4 Å². The first-order valence-electron chi connectivity index (χ1n) is 8.72. The lowest BCUT2D eigenvalue weighted by atomic mass is 10.0. The molecule has 2 heterocycles. The van der Waals surface area contributed by atoms with Gasteiger partial charge in [0.05, 0.1) is 12.1 Å². The number of hydrogen-bond acceptors (Lipinski definition) is 6. The molecule has 0 radical (unpaired) electrons. The van der Waals surface area contributed by atoms with E-state index < -0.39 is 11.9 Å². The number of esters is 2. The molecule has 4 N–H and O–H groups in total. The standard InChI is InChI=1S/C16H27N3O4S/c17-9-5-1-2-7-13(20)23-14(21)8-4-3-6-12-15-11(10-24-12)18-16(22)19-15/h11-12,15H,1-10,17H2,(H2,18,19,22)/t11-,12-,15-/m0/s1.